The van der Waals surface area contributed by atoms with Gasteiger partial charge in [0.15, 0.2) is 5.96 Å². The Morgan fingerprint density at radius 3 is 2.32 bits per heavy atom. The summed E-state index contributed by atoms with van der Waals surface area (Å²) in [6.45, 7) is 3.69. The molecule has 28 heavy (non-hydrogen) atoms. The Hall–Kier alpha value is 0.0500. The molecule has 0 atom stereocenters. The second kappa shape index (κ2) is 12.0. The number of sulfonamides is 1. The van der Waals surface area contributed by atoms with E-state index in [4.69, 9.17) is 0 Å². The summed E-state index contributed by atoms with van der Waals surface area (Å²) < 4.78 is 64.5. The number of hydrogen-bond acceptors (Lipinski definition) is 4. The fourth-order valence-electron chi connectivity index (χ4n) is 3.31. The van der Waals surface area contributed by atoms with Crippen molar-refractivity contribution in [1.82, 2.24) is 14.9 Å². The van der Waals surface area contributed by atoms with Gasteiger partial charge in [-0.1, -0.05) is 0 Å². The van der Waals surface area contributed by atoms with Gasteiger partial charge >= 0.3 is 6.18 Å². The van der Waals surface area contributed by atoms with E-state index in [1.54, 1.807) is 11.8 Å². The molecular weight excluding hydrogens is 528 g/mol. The highest BCUT2D eigenvalue weighted by molar-refractivity contribution is 14.0. The second-order valence-electron chi connectivity index (χ2n) is 6.82. The van der Waals surface area contributed by atoms with Crippen molar-refractivity contribution in [2.45, 2.75) is 44.8 Å². The zero-order valence-corrected chi connectivity index (χ0v) is 20.0. The van der Waals surface area contributed by atoms with E-state index in [-0.39, 0.29) is 55.2 Å². The van der Waals surface area contributed by atoms with Crippen LogP contribution in [-0.4, -0.2) is 74.3 Å². The van der Waals surface area contributed by atoms with Gasteiger partial charge in [-0.15, -0.1) is 24.0 Å². The van der Waals surface area contributed by atoms with Crippen LogP contribution in [0.25, 0.3) is 0 Å². The lowest BCUT2D eigenvalue weighted by molar-refractivity contribution is -0.182. The average molecular weight is 558 g/mol. The second-order valence-corrected chi connectivity index (χ2v) is 10.1. The molecule has 2 rings (SSSR count). The number of hydrogen-bond donors (Lipinski definition) is 2. The maximum atomic E-state index is 12.8. The normalized spacial score (nSPS) is 25.1. The van der Waals surface area contributed by atoms with Gasteiger partial charge in [-0.25, -0.2) is 12.7 Å². The van der Waals surface area contributed by atoms with E-state index >= 15 is 0 Å². The third kappa shape index (κ3) is 8.42. The maximum Gasteiger partial charge on any atom is 0.391 e. The van der Waals surface area contributed by atoms with Crippen molar-refractivity contribution in [2.24, 2.45) is 10.9 Å². The molecule has 0 unspecified atom stereocenters. The zero-order valence-electron chi connectivity index (χ0n) is 16.0. The Labute approximate surface area is 186 Å². The first-order valence-corrected chi connectivity index (χ1v) is 12.2. The van der Waals surface area contributed by atoms with Crippen LogP contribution in [0.1, 0.15) is 32.6 Å². The fourth-order valence-corrected chi connectivity index (χ4v) is 5.76. The summed E-state index contributed by atoms with van der Waals surface area (Å²) in [6.07, 6.45) is -3.04. The fraction of sp³-hybridized carbons (Fsp3) is 0.938. The van der Waals surface area contributed by atoms with Crippen molar-refractivity contribution >= 4 is 51.7 Å². The topological polar surface area (TPSA) is 73.8 Å². The lowest BCUT2D eigenvalue weighted by Crippen LogP contribution is -2.46. The van der Waals surface area contributed by atoms with Gasteiger partial charge in [-0.05, 0) is 32.6 Å². The van der Waals surface area contributed by atoms with E-state index < -0.39 is 22.1 Å². The van der Waals surface area contributed by atoms with Crippen molar-refractivity contribution in [3.63, 3.8) is 0 Å². The minimum absolute atomic E-state index is 0. The average Bonchev–Trinajstić information content (AvgIpc) is 2.62. The molecule has 0 aromatic heterocycles. The number of guanidine groups is 1. The molecule has 12 heteroatoms. The maximum absolute atomic E-state index is 12.8. The monoisotopic (exact) mass is 558 g/mol. The lowest BCUT2D eigenvalue weighted by atomic mass is 9.85. The number of nitrogens with one attached hydrogen (secondary N) is 2. The van der Waals surface area contributed by atoms with Crippen LogP contribution in [-0.2, 0) is 10.0 Å². The summed E-state index contributed by atoms with van der Waals surface area (Å²) in [5.74, 6) is 0.815. The molecule has 1 saturated heterocycles. The van der Waals surface area contributed by atoms with Crippen LogP contribution in [0.4, 0.5) is 13.2 Å². The molecule has 1 aliphatic carbocycles. The predicted molar refractivity (Wildman–Crippen MR) is 119 cm³/mol. The molecule has 1 heterocycles. The van der Waals surface area contributed by atoms with E-state index in [1.165, 1.54) is 4.31 Å². The molecule has 6 nitrogen and oxygen atoms in total. The first-order valence-electron chi connectivity index (χ1n) is 9.39. The summed E-state index contributed by atoms with van der Waals surface area (Å²) in [7, 11) is -3.32. The molecule has 0 spiro atoms. The smallest absolute Gasteiger partial charge is 0.357 e. The molecule has 0 amide bonds. The molecule has 0 aromatic carbocycles. The highest BCUT2D eigenvalue weighted by atomic mass is 127. The highest BCUT2D eigenvalue weighted by Gasteiger charge is 2.41. The van der Waals surface area contributed by atoms with Crippen molar-refractivity contribution < 1.29 is 21.6 Å². The van der Waals surface area contributed by atoms with Gasteiger partial charge in [0, 0.05) is 37.2 Å². The number of rotatable bonds is 6. The summed E-state index contributed by atoms with van der Waals surface area (Å²) in [5, 5.41) is 6.20. The van der Waals surface area contributed by atoms with Gasteiger partial charge in [0.2, 0.25) is 10.0 Å². The van der Waals surface area contributed by atoms with Crippen LogP contribution in [0, 0.1) is 5.92 Å². The van der Waals surface area contributed by atoms with Crippen LogP contribution in [0.15, 0.2) is 4.99 Å². The predicted octanol–water partition coefficient (Wildman–Crippen LogP) is 2.66. The Morgan fingerprint density at radius 1 is 1.18 bits per heavy atom. The van der Waals surface area contributed by atoms with Gasteiger partial charge in [0.1, 0.15) is 0 Å². The molecule has 166 valence electrons. The van der Waals surface area contributed by atoms with Gasteiger partial charge < -0.3 is 10.6 Å². The number of nitrogens with zero attached hydrogens (tertiary/aromatic N) is 2. The Balaban J connectivity index is 0.00000392. The van der Waals surface area contributed by atoms with Crippen molar-refractivity contribution in [1.29, 1.82) is 0 Å². The van der Waals surface area contributed by atoms with Crippen molar-refractivity contribution in [3.05, 3.63) is 0 Å². The summed E-state index contributed by atoms with van der Waals surface area (Å²) in [5.41, 5.74) is 0. The summed E-state index contributed by atoms with van der Waals surface area (Å²) >= 11 is 1.75. The van der Waals surface area contributed by atoms with Crippen LogP contribution < -0.4 is 10.6 Å². The van der Waals surface area contributed by atoms with Gasteiger partial charge in [0.25, 0.3) is 0 Å². The quantitative estimate of drug-likeness (QED) is 0.298. The van der Waals surface area contributed by atoms with E-state index in [9.17, 15) is 21.6 Å². The first kappa shape index (κ1) is 26.1. The molecule has 0 radical (unpaired) electrons. The SMILES string of the molecule is CCNC(=NCCS(=O)(=O)N1CCSCC1)NC1CCC(C(F)(F)F)CC1.I. The number of alkyl halides is 3. The Kier molecular flexibility index (Phi) is 11.2. The van der Waals surface area contributed by atoms with E-state index in [0.717, 1.165) is 11.5 Å². The lowest BCUT2D eigenvalue weighted by Gasteiger charge is -2.31. The number of aliphatic imine (C=N–C) groups is 1. The van der Waals surface area contributed by atoms with Gasteiger partial charge in [0.05, 0.1) is 18.2 Å². The third-order valence-electron chi connectivity index (χ3n) is 4.86. The van der Waals surface area contributed by atoms with E-state index in [2.05, 4.69) is 15.6 Å². The van der Waals surface area contributed by atoms with Gasteiger partial charge in [-0.3, -0.25) is 4.99 Å². The summed E-state index contributed by atoms with van der Waals surface area (Å²) in [6, 6.07) is -0.0721. The minimum Gasteiger partial charge on any atom is -0.357 e. The number of thioether (sulfide) groups is 1. The first-order chi connectivity index (χ1) is 12.7. The third-order valence-corrected chi connectivity index (χ3v) is 7.65. The molecular formula is C16H30F3IN4O2S2. The van der Waals surface area contributed by atoms with Crippen LogP contribution in [0.5, 0.6) is 0 Å². The van der Waals surface area contributed by atoms with Crippen LogP contribution in [0.2, 0.25) is 0 Å². The van der Waals surface area contributed by atoms with Crippen LogP contribution in [0.3, 0.4) is 0 Å². The summed E-state index contributed by atoms with van der Waals surface area (Å²) in [4.78, 5) is 4.32. The highest BCUT2D eigenvalue weighted by Crippen LogP contribution is 2.37. The zero-order chi connectivity index (χ0) is 19.9. The van der Waals surface area contributed by atoms with E-state index in [1.807, 2.05) is 6.92 Å². The molecule has 1 saturated carbocycles. The van der Waals surface area contributed by atoms with Crippen LogP contribution >= 0.6 is 35.7 Å². The number of halogens is 4. The molecule has 0 aromatic rings. The molecule has 1 aliphatic heterocycles. The Morgan fingerprint density at radius 2 is 1.79 bits per heavy atom. The minimum atomic E-state index is -4.12. The van der Waals surface area contributed by atoms with Crippen molar-refractivity contribution in [2.75, 3.05) is 43.4 Å². The largest absolute Gasteiger partial charge is 0.391 e. The van der Waals surface area contributed by atoms with Crippen molar-refractivity contribution in [3.8, 4) is 0 Å². The Bertz CT molecular complexity index is 591. The molecule has 2 fully saturated rings. The van der Waals surface area contributed by atoms with Gasteiger partial charge in [-0.2, -0.15) is 24.9 Å². The molecule has 2 N–H and O–H groups in total. The standard InChI is InChI=1S/C16H29F3N4O2S2.HI/c1-2-20-15(22-14-5-3-13(4-6-14)16(17,18)19)21-7-12-27(24,25)23-8-10-26-11-9-23;/h13-14H,2-12H2,1H3,(H2,20,21,22);1H. The van der Waals surface area contributed by atoms with E-state index in [0.29, 0.717) is 38.4 Å². The molecule has 0 bridgehead atoms. The molecule has 2 aliphatic rings.